The third-order valence-electron chi connectivity index (χ3n) is 2.36. The Morgan fingerprint density at radius 3 is 2.75 bits per heavy atom. The zero-order valence-electron chi connectivity index (χ0n) is 11.5. The lowest BCUT2D eigenvalue weighted by Crippen LogP contribution is -2.17. The lowest BCUT2D eigenvalue weighted by Gasteiger charge is -2.12. The molecule has 0 heterocycles. The topological polar surface area (TPSA) is 90.7 Å². The lowest BCUT2D eigenvalue weighted by atomic mass is 10.2. The summed E-state index contributed by atoms with van der Waals surface area (Å²) in [4.78, 5) is 21.6. The monoisotopic (exact) mass is 282 g/mol. The number of esters is 1. The zero-order chi connectivity index (χ0) is 15.0. The summed E-state index contributed by atoms with van der Waals surface area (Å²) in [7, 11) is 0. The molecular weight excluding hydrogens is 264 g/mol. The van der Waals surface area contributed by atoms with E-state index >= 15 is 0 Å². The Balaban J connectivity index is 2.84. The molecule has 0 unspecified atom stereocenters. The number of carbonyl (C=O) groups is 1. The highest BCUT2D eigenvalue weighted by molar-refractivity contribution is 5.76. The van der Waals surface area contributed by atoms with E-state index in [0.717, 1.165) is 6.42 Å². The molecule has 0 saturated heterocycles. The second-order valence-electron chi connectivity index (χ2n) is 3.94. The van der Waals surface area contributed by atoms with E-state index in [4.69, 9.17) is 9.47 Å². The van der Waals surface area contributed by atoms with E-state index in [1.54, 1.807) is 6.92 Å². The first-order chi connectivity index (χ1) is 9.58. The molecule has 1 N–H and O–H groups in total. The fourth-order valence-electron chi connectivity index (χ4n) is 1.49. The number of benzene rings is 1. The molecule has 1 rings (SSSR count). The van der Waals surface area contributed by atoms with Crippen LogP contribution in [0.4, 0.5) is 11.4 Å². The van der Waals surface area contributed by atoms with E-state index in [0.29, 0.717) is 18.0 Å². The molecule has 7 nitrogen and oxygen atoms in total. The lowest BCUT2D eigenvalue weighted by molar-refractivity contribution is -0.384. The van der Waals surface area contributed by atoms with E-state index in [1.165, 1.54) is 18.2 Å². The summed E-state index contributed by atoms with van der Waals surface area (Å²) in [5.74, 6) is 0.0437. The first-order valence-electron chi connectivity index (χ1n) is 6.39. The second-order valence-corrected chi connectivity index (χ2v) is 3.94. The van der Waals surface area contributed by atoms with Gasteiger partial charge in [0.05, 0.1) is 23.8 Å². The van der Waals surface area contributed by atoms with Crippen molar-refractivity contribution >= 4 is 17.3 Å². The molecule has 0 spiro atoms. The number of nitrogens with zero attached hydrogens (tertiary/aromatic N) is 1. The molecule has 0 amide bonds. The summed E-state index contributed by atoms with van der Waals surface area (Å²) in [6.45, 7) is 4.37. The molecule has 1 aromatic carbocycles. The molecule has 0 fully saturated rings. The van der Waals surface area contributed by atoms with E-state index in [2.05, 4.69) is 5.32 Å². The average molecular weight is 282 g/mol. The molecule has 0 radical (unpaired) electrons. The van der Waals surface area contributed by atoms with Gasteiger partial charge in [0.15, 0.2) is 0 Å². The molecule has 0 saturated carbocycles. The number of anilines is 1. The van der Waals surface area contributed by atoms with Crippen LogP contribution in [0.5, 0.6) is 5.75 Å². The third-order valence-corrected chi connectivity index (χ3v) is 2.36. The third kappa shape index (κ3) is 4.75. The van der Waals surface area contributed by atoms with Crippen LogP contribution < -0.4 is 10.1 Å². The molecule has 7 heteroatoms. The van der Waals surface area contributed by atoms with Crippen molar-refractivity contribution in [3.05, 3.63) is 28.3 Å². The van der Waals surface area contributed by atoms with Crippen molar-refractivity contribution in [1.82, 2.24) is 0 Å². The highest BCUT2D eigenvalue weighted by Crippen LogP contribution is 2.29. The average Bonchev–Trinajstić information content (AvgIpc) is 2.43. The maximum atomic E-state index is 11.3. The summed E-state index contributed by atoms with van der Waals surface area (Å²) < 4.78 is 10.3. The number of carbonyl (C=O) groups excluding carboxylic acids is 1. The van der Waals surface area contributed by atoms with Gasteiger partial charge in [0, 0.05) is 12.1 Å². The van der Waals surface area contributed by atoms with Crippen molar-refractivity contribution in [2.45, 2.75) is 20.3 Å². The minimum Gasteiger partial charge on any atom is -0.491 e. The minimum absolute atomic E-state index is 0.0693. The highest BCUT2D eigenvalue weighted by Gasteiger charge is 2.13. The van der Waals surface area contributed by atoms with Gasteiger partial charge in [-0.25, -0.2) is 0 Å². The number of nitrogens with one attached hydrogen (secondary N) is 1. The molecule has 0 atom stereocenters. The van der Waals surface area contributed by atoms with Crippen LogP contribution in [0.25, 0.3) is 0 Å². The van der Waals surface area contributed by atoms with Crippen molar-refractivity contribution < 1.29 is 19.2 Å². The highest BCUT2D eigenvalue weighted by atomic mass is 16.6. The standard InChI is InChI=1S/C13H18N2O5/c1-3-7-20-12-6-5-10(15(17)18)8-11(12)14-9-13(16)19-4-2/h5-6,8,14H,3-4,7,9H2,1-2H3. The molecule has 20 heavy (non-hydrogen) atoms. The molecule has 0 aliphatic heterocycles. The Hall–Kier alpha value is -2.31. The smallest absolute Gasteiger partial charge is 0.325 e. The van der Waals surface area contributed by atoms with Crippen molar-refractivity contribution in [3.8, 4) is 5.75 Å². The quantitative estimate of drug-likeness (QED) is 0.447. The fourth-order valence-corrected chi connectivity index (χ4v) is 1.49. The van der Waals surface area contributed by atoms with Crippen molar-refractivity contribution in [2.75, 3.05) is 25.1 Å². The number of nitro groups is 1. The van der Waals surface area contributed by atoms with Crippen LogP contribution in [-0.4, -0.2) is 30.7 Å². The summed E-state index contributed by atoms with van der Waals surface area (Å²) in [5, 5.41) is 13.6. The number of rotatable bonds is 8. The molecule has 0 aromatic heterocycles. The van der Waals surface area contributed by atoms with Gasteiger partial charge in [-0.05, 0) is 19.4 Å². The Morgan fingerprint density at radius 2 is 2.15 bits per heavy atom. The summed E-state index contributed by atoms with van der Waals surface area (Å²) in [5.41, 5.74) is 0.334. The Morgan fingerprint density at radius 1 is 1.40 bits per heavy atom. The fraction of sp³-hybridized carbons (Fsp3) is 0.462. The van der Waals surface area contributed by atoms with Crippen molar-refractivity contribution in [2.24, 2.45) is 0 Å². The van der Waals surface area contributed by atoms with Crippen LogP contribution >= 0.6 is 0 Å². The Labute approximate surface area is 117 Å². The van der Waals surface area contributed by atoms with Gasteiger partial charge >= 0.3 is 5.97 Å². The maximum Gasteiger partial charge on any atom is 0.325 e. The Kier molecular flexibility index (Phi) is 6.28. The van der Waals surface area contributed by atoms with Crippen LogP contribution in [0.2, 0.25) is 0 Å². The van der Waals surface area contributed by atoms with Crippen molar-refractivity contribution in [3.63, 3.8) is 0 Å². The van der Waals surface area contributed by atoms with Crippen LogP contribution in [0.15, 0.2) is 18.2 Å². The number of nitro benzene ring substituents is 1. The number of hydrogen-bond donors (Lipinski definition) is 1. The van der Waals surface area contributed by atoms with Gasteiger partial charge in [-0.3, -0.25) is 14.9 Å². The van der Waals surface area contributed by atoms with Crippen molar-refractivity contribution in [1.29, 1.82) is 0 Å². The van der Waals surface area contributed by atoms with Gasteiger partial charge in [0.25, 0.3) is 5.69 Å². The molecule has 0 aliphatic rings. The predicted octanol–water partition coefficient (Wildman–Crippen LogP) is 2.36. The number of non-ortho nitro benzene ring substituents is 1. The second kappa shape index (κ2) is 7.98. The van der Waals surface area contributed by atoms with Gasteiger partial charge in [0.1, 0.15) is 12.3 Å². The van der Waals surface area contributed by atoms with Gasteiger partial charge in [-0.1, -0.05) is 6.92 Å². The van der Waals surface area contributed by atoms with Gasteiger partial charge in [-0.15, -0.1) is 0 Å². The SMILES string of the molecule is CCCOc1ccc([N+](=O)[O-])cc1NCC(=O)OCC. The van der Waals surface area contributed by atoms with E-state index in [1.807, 2.05) is 6.92 Å². The van der Waals surface area contributed by atoms with E-state index in [-0.39, 0.29) is 18.8 Å². The number of ether oxygens (including phenoxy) is 2. The van der Waals surface area contributed by atoms with Gasteiger partial charge < -0.3 is 14.8 Å². The normalized spacial score (nSPS) is 9.90. The molecule has 1 aromatic rings. The van der Waals surface area contributed by atoms with Crippen LogP contribution in [0.1, 0.15) is 20.3 Å². The van der Waals surface area contributed by atoms with Crippen LogP contribution in [0, 0.1) is 10.1 Å². The van der Waals surface area contributed by atoms with Gasteiger partial charge in [0.2, 0.25) is 0 Å². The molecule has 110 valence electrons. The summed E-state index contributed by atoms with van der Waals surface area (Å²) >= 11 is 0. The molecule has 0 bridgehead atoms. The first kappa shape index (κ1) is 15.7. The largest absolute Gasteiger partial charge is 0.491 e. The molecule has 0 aliphatic carbocycles. The van der Waals surface area contributed by atoms with E-state index in [9.17, 15) is 14.9 Å². The predicted molar refractivity (Wildman–Crippen MR) is 74.0 cm³/mol. The molecular formula is C13H18N2O5. The summed E-state index contributed by atoms with van der Waals surface area (Å²) in [6.07, 6.45) is 0.814. The summed E-state index contributed by atoms with van der Waals surface area (Å²) in [6, 6.07) is 4.21. The van der Waals surface area contributed by atoms with Gasteiger partial charge in [-0.2, -0.15) is 0 Å². The first-order valence-corrected chi connectivity index (χ1v) is 6.39. The van der Waals surface area contributed by atoms with Crippen LogP contribution in [0.3, 0.4) is 0 Å². The Bertz CT molecular complexity index is 476. The maximum absolute atomic E-state index is 11.3. The number of hydrogen-bond acceptors (Lipinski definition) is 6. The van der Waals surface area contributed by atoms with E-state index < -0.39 is 10.9 Å². The van der Waals surface area contributed by atoms with Crippen LogP contribution in [-0.2, 0) is 9.53 Å². The zero-order valence-corrected chi connectivity index (χ0v) is 11.5. The minimum atomic E-state index is -0.501.